The summed E-state index contributed by atoms with van der Waals surface area (Å²) in [6.07, 6.45) is 2.17. The zero-order valence-electron chi connectivity index (χ0n) is 11.0. The largest absolute Gasteiger partial charge is 0.369 e. The Balaban J connectivity index is 2.05. The average Bonchev–Trinajstić information content (AvgIpc) is 2.38. The van der Waals surface area contributed by atoms with E-state index >= 15 is 0 Å². The normalized spacial score (nSPS) is 17.5. The van der Waals surface area contributed by atoms with E-state index in [1.165, 1.54) is 0 Å². The number of piperidine rings is 1. The highest BCUT2D eigenvalue weighted by Crippen LogP contribution is 2.25. The van der Waals surface area contributed by atoms with Gasteiger partial charge in [0, 0.05) is 25.0 Å². The number of rotatable bonds is 3. The highest BCUT2D eigenvalue weighted by Gasteiger charge is 2.22. The fourth-order valence-electron chi connectivity index (χ4n) is 2.51. The lowest BCUT2D eigenvalue weighted by Gasteiger charge is -2.36. The molecule has 2 nitrogen and oxygen atoms in total. The maximum absolute atomic E-state index is 14.0. The Kier molecular flexibility index (Phi) is 4.46. The van der Waals surface area contributed by atoms with Crippen LogP contribution < -0.4 is 4.90 Å². The van der Waals surface area contributed by atoms with Crippen molar-refractivity contribution in [2.75, 3.05) is 32.1 Å². The zero-order valence-corrected chi connectivity index (χ0v) is 11.8. The van der Waals surface area contributed by atoms with E-state index in [-0.39, 0.29) is 5.82 Å². The van der Waals surface area contributed by atoms with Crippen molar-refractivity contribution in [3.05, 3.63) is 29.6 Å². The average molecular weight is 271 g/mol. The first kappa shape index (κ1) is 13.6. The molecule has 0 N–H and O–H groups in total. The maximum Gasteiger partial charge on any atom is 0.146 e. The highest BCUT2D eigenvalue weighted by atomic mass is 35.5. The molecule has 0 aliphatic carbocycles. The third kappa shape index (κ3) is 2.96. The molecule has 2 rings (SSSR count). The van der Waals surface area contributed by atoms with E-state index in [2.05, 4.69) is 23.9 Å². The van der Waals surface area contributed by atoms with Gasteiger partial charge in [-0.2, -0.15) is 0 Å². The summed E-state index contributed by atoms with van der Waals surface area (Å²) in [4.78, 5) is 4.39. The Labute approximate surface area is 113 Å². The molecule has 1 heterocycles. The van der Waals surface area contributed by atoms with Crippen molar-refractivity contribution in [1.29, 1.82) is 0 Å². The van der Waals surface area contributed by atoms with Crippen molar-refractivity contribution in [2.45, 2.75) is 24.8 Å². The molecule has 4 heteroatoms. The zero-order chi connectivity index (χ0) is 13.1. The van der Waals surface area contributed by atoms with Crippen molar-refractivity contribution < 1.29 is 4.39 Å². The van der Waals surface area contributed by atoms with Gasteiger partial charge in [0.2, 0.25) is 0 Å². The van der Waals surface area contributed by atoms with Crippen LogP contribution in [0, 0.1) is 5.82 Å². The molecular formula is C14H20ClFN2. The Morgan fingerprint density at radius 1 is 1.33 bits per heavy atom. The standard InChI is InChI=1S/C14H20ClFN2/c1-17(2)12-5-7-18(8-6-12)14-4-3-11(10-15)9-13(14)16/h3-4,9,12H,5-8,10H2,1-2H3. The summed E-state index contributed by atoms with van der Waals surface area (Å²) >= 11 is 5.71. The SMILES string of the molecule is CN(C)C1CCN(c2ccc(CCl)cc2F)CC1. The van der Waals surface area contributed by atoms with Crippen LogP contribution in [0.15, 0.2) is 18.2 Å². The summed E-state index contributed by atoms with van der Waals surface area (Å²) in [6, 6.07) is 5.92. The van der Waals surface area contributed by atoms with Gasteiger partial charge in [0.05, 0.1) is 5.69 Å². The molecule has 100 valence electrons. The van der Waals surface area contributed by atoms with Crippen LogP contribution in [0.5, 0.6) is 0 Å². The van der Waals surface area contributed by atoms with Gasteiger partial charge < -0.3 is 9.80 Å². The van der Waals surface area contributed by atoms with Crippen molar-refractivity contribution in [3.8, 4) is 0 Å². The molecule has 1 aromatic rings. The quantitative estimate of drug-likeness (QED) is 0.779. The number of benzene rings is 1. The first-order valence-corrected chi connectivity index (χ1v) is 6.91. The first-order valence-electron chi connectivity index (χ1n) is 6.37. The third-order valence-corrected chi connectivity index (χ3v) is 4.01. The minimum absolute atomic E-state index is 0.156. The Bertz CT molecular complexity index is 401. The van der Waals surface area contributed by atoms with E-state index in [0.717, 1.165) is 31.5 Å². The molecule has 1 aliphatic rings. The van der Waals surface area contributed by atoms with Crippen LogP contribution in [0.3, 0.4) is 0 Å². The van der Waals surface area contributed by atoms with Crippen molar-refractivity contribution in [1.82, 2.24) is 4.90 Å². The van der Waals surface area contributed by atoms with Gasteiger partial charge in [0.25, 0.3) is 0 Å². The number of anilines is 1. The number of nitrogens with zero attached hydrogens (tertiary/aromatic N) is 2. The summed E-state index contributed by atoms with van der Waals surface area (Å²) in [5, 5.41) is 0. The van der Waals surface area contributed by atoms with Gasteiger partial charge >= 0.3 is 0 Å². The predicted octanol–water partition coefficient (Wildman–Crippen LogP) is 3.09. The fourth-order valence-corrected chi connectivity index (χ4v) is 2.68. The topological polar surface area (TPSA) is 6.48 Å². The number of alkyl halides is 1. The molecule has 0 unspecified atom stereocenters. The van der Waals surface area contributed by atoms with E-state index in [9.17, 15) is 4.39 Å². The second-order valence-electron chi connectivity index (χ2n) is 5.10. The molecule has 0 atom stereocenters. The fraction of sp³-hybridized carbons (Fsp3) is 0.571. The van der Waals surface area contributed by atoms with Crippen molar-refractivity contribution >= 4 is 17.3 Å². The van der Waals surface area contributed by atoms with E-state index in [1.54, 1.807) is 6.07 Å². The Hall–Kier alpha value is -0.800. The second-order valence-corrected chi connectivity index (χ2v) is 5.37. The minimum Gasteiger partial charge on any atom is -0.369 e. The van der Waals surface area contributed by atoms with Gasteiger partial charge in [0.15, 0.2) is 0 Å². The van der Waals surface area contributed by atoms with Gasteiger partial charge in [-0.3, -0.25) is 0 Å². The van der Waals surface area contributed by atoms with Crippen LogP contribution in [0.25, 0.3) is 0 Å². The molecular weight excluding hydrogens is 251 g/mol. The van der Waals surface area contributed by atoms with Gasteiger partial charge in [-0.15, -0.1) is 11.6 Å². The molecule has 1 fully saturated rings. The molecule has 1 aliphatic heterocycles. The van der Waals surface area contributed by atoms with Gasteiger partial charge in [-0.05, 0) is 44.6 Å². The molecule has 0 amide bonds. The summed E-state index contributed by atoms with van der Waals surface area (Å²) in [6.45, 7) is 1.83. The molecule has 1 aromatic carbocycles. The molecule has 1 saturated heterocycles. The summed E-state index contributed by atoms with van der Waals surface area (Å²) < 4.78 is 14.0. The van der Waals surface area contributed by atoms with Gasteiger partial charge in [-0.25, -0.2) is 4.39 Å². The number of halogens is 2. The number of hydrogen-bond acceptors (Lipinski definition) is 2. The van der Waals surface area contributed by atoms with Crippen LogP contribution >= 0.6 is 11.6 Å². The van der Waals surface area contributed by atoms with E-state index < -0.39 is 0 Å². The van der Waals surface area contributed by atoms with Crippen LogP contribution in [0.4, 0.5) is 10.1 Å². The minimum atomic E-state index is -0.156. The second kappa shape index (κ2) is 5.89. The van der Waals surface area contributed by atoms with E-state index in [0.29, 0.717) is 17.6 Å². The third-order valence-electron chi connectivity index (χ3n) is 3.70. The van der Waals surface area contributed by atoms with E-state index in [1.807, 2.05) is 12.1 Å². The highest BCUT2D eigenvalue weighted by molar-refractivity contribution is 6.17. The molecule has 18 heavy (non-hydrogen) atoms. The van der Waals surface area contributed by atoms with Crippen LogP contribution in [-0.4, -0.2) is 38.1 Å². The lowest BCUT2D eigenvalue weighted by molar-refractivity contribution is 0.249. The Morgan fingerprint density at radius 3 is 2.50 bits per heavy atom. The lowest BCUT2D eigenvalue weighted by atomic mass is 10.0. The smallest absolute Gasteiger partial charge is 0.146 e. The monoisotopic (exact) mass is 270 g/mol. The van der Waals surface area contributed by atoms with E-state index in [4.69, 9.17) is 11.6 Å². The van der Waals surface area contributed by atoms with Crippen LogP contribution in [0.1, 0.15) is 18.4 Å². The number of hydrogen-bond donors (Lipinski definition) is 0. The molecule has 0 saturated carbocycles. The Morgan fingerprint density at radius 2 is 2.00 bits per heavy atom. The van der Waals surface area contributed by atoms with Crippen molar-refractivity contribution in [2.24, 2.45) is 0 Å². The first-order chi connectivity index (χ1) is 8.61. The molecule has 0 spiro atoms. The van der Waals surface area contributed by atoms with Gasteiger partial charge in [0.1, 0.15) is 5.82 Å². The van der Waals surface area contributed by atoms with Crippen LogP contribution in [-0.2, 0) is 5.88 Å². The maximum atomic E-state index is 14.0. The molecule has 0 aromatic heterocycles. The van der Waals surface area contributed by atoms with Crippen LogP contribution in [0.2, 0.25) is 0 Å². The van der Waals surface area contributed by atoms with Gasteiger partial charge in [-0.1, -0.05) is 6.07 Å². The van der Waals surface area contributed by atoms with Crippen molar-refractivity contribution in [3.63, 3.8) is 0 Å². The molecule has 0 radical (unpaired) electrons. The lowest BCUT2D eigenvalue weighted by Crippen LogP contribution is -2.42. The summed E-state index contributed by atoms with van der Waals surface area (Å²) in [5.41, 5.74) is 1.54. The predicted molar refractivity (Wildman–Crippen MR) is 74.9 cm³/mol. The summed E-state index contributed by atoms with van der Waals surface area (Å²) in [7, 11) is 4.21. The summed E-state index contributed by atoms with van der Waals surface area (Å²) in [5.74, 6) is 0.205. The molecule has 0 bridgehead atoms.